The van der Waals surface area contributed by atoms with E-state index in [1.807, 2.05) is 6.92 Å². The van der Waals surface area contributed by atoms with Crippen LogP contribution in [0, 0.1) is 0 Å². The smallest absolute Gasteiger partial charge is 0.408 e. The zero-order chi connectivity index (χ0) is 16.1. The Balaban J connectivity index is 1.86. The number of imide groups is 1. The summed E-state index contributed by atoms with van der Waals surface area (Å²) in [5, 5.41) is 0. The van der Waals surface area contributed by atoms with E-state index < -0.39 is 5.76 Å². The van der Waals surface area contributed by atoms with Crippen LogP contribution in [0.3, 0.4) is 0 Å². The molecular formula is C17H12N2O4. The van der Waals surface area contributed by atoms with Crippen LogP contribution in [0.2, 0.25) is 0 Å². The third-order valence-corrected chi connectivity index (χ3v) is 4.02. The number of aromatic nitrogens is 1. The molecule has 0 saturated carbocycles. The Labute approximate surface area is 130 Å². The van der Waals surface area contributed by atoms with Crippen molar-refractivity contribution >= 4 is 28.6 Å². The molecule has 1 aliphatic heterocycles. The van der Waals surface area contributed by atoms with Crippen molar-refractivity contribution in [3.8, 4) is 0 Å². The molecule has 114 valence electrons. The first-order valence-corrected chi connectivity index (χ1v) is 7.23. The maximum absolute atomic E-state index is 12.5. The van der Waals surface area contributed by atoms with E-state index in [4.69, 9.17) is 4.42 Å². The van der Waals surface area contributed by atoms with Gasteiger partial charge in [0.15, 0.2) is 5.58 Å². The van der Waals surface area contributed by atoms with Crippen molar-refractivity contribution in [2.24, 2.45) is 0 Å². The Kier molecular flexibility index (Phi) is 2.74. The molecule has 0 atom stereocenters. The lowest BCUT2D eigenvalue weighted by molar-refractivity contribution is 0.0926. The zero-order valence-corrected chi connectivity index (χ0v) is 12.3. The minimum absolute atomic E-state index is 0.353. The van der Waals surface area contributed by atoms with Crippen LogP contribution < -0.4 is 10.7 Å². The van der Waals surface area contributed by atoms with Crippen molar-refractivity contribution in [2.75, 3.05) is 4.90 Å². The number of carbonyl (C=O) groups excluding carboxylic acids is 2. The van der Waals surface area contributed by atoms with Gasteiger partial charge < -0.3 is 4.42 Å². The highest BCUT2D eigenvalue weighted by Gasteiger charge is 2.36. The number of oxazole rings is 1. The van der Waals surface area contributed by atoms with E-state index in [0.29, 0.717) is 34.5 Å². The van der Waals surface area contributed by atoms with Gasteiger partial charge in [-0.1, -0.05) is 12.1 Å². The molecule has 0 saturated heterocycles. The summed E-state index contributed by atoms with van der Waals surface area (Å²) in [5.41, 5.74) is 2.14. The number of hydrogen-bond acceptors (Lipinski definition) is 4. The summed E-state index contributed by atoms with van der Waals surface area (Å²) >= 11 is 0. The Morgan fingerprint density at radius 3 is 2.22 bits per heavy atom. The number of aryl methyl sites for hydroxylation is 1. The fourth-order valence-corrected chi connectivity index (χ4v) is 2.92. The lowest BCUT2D eigenvalue weighted by atomic mass is 10.1. The Morgan fingerprint density at radius 1 is 0.957 bits per heavy atom. The Morgan fingerprint density at radius 2 is 1.61 bits per heavy atom. The molecular weight excluding hydrogens is 296 g/mol. The highest BCUT2D eigenvalue weighted by molar-refractivity contribution is 6.34. The largest absolute Gasteiger partial charge is 0.419 e. The summed E-state index contributed by atoms with van der Waals surface area (Å²) in [4.78, 5) is 37.8. The highest BCUT2D eigenvalue weighted by atomic mass is 16.4. The van der Waals surface area contributed by atoms with Crippen LogP contribution in [0.5, 0.6) is 0 Å². The molecule has 1 aliphatic rings. The van der Waals surface area contributed by atoms with Crippen LogP contribution in [0.4, 0.5) is 5.69 Å². The lowest BCUT2D eigenvalue weighted by Gasteiger charge is -2.13. The third kappa shape index (κ3) is 1.78. The van der Waals surface area contributed by atoms with Crippen molar-refractivity contribution in [1.82, 2.24) is 4.57 Å². The molecule has 0 unspecified atom stereocenters. The highest BCUT2D eigenvalue weighted by Crippen LogP contribution is 2.30. The number of nitrogens with zero attached hydrogens (tertiary/aromatic N) is 2. The number of amides is 2. The van der Waals surface area contributed by atoms with Crippen LogP contribution in [0.1, 0.15) is 27.6 Å². The van der Waals surface area contributed by atoms with E-state index in [9.17, 15) is 14.4 Å². The second-order valence-corrected chi connectivity index (χ2v) is 5.26. The quantitative estimate of drug-likeness (QED) is 0.682. The molecule has 0 fully saturated rings. The number of benzene rings is 2. The lowest BCUT2D eigenvalue weighted by Crippen LogP contribution is -2.29. The van der Waals surface area contributed by atoms with E-state index in [1.165, 1.54) is 4.57 Å². The van der Waals surface area contributed by atoms with Crippen molar-refractivity contribution < 1.29 is 14.0 Å². The molecule has 23 heavy (non-hydrogen) atoms. The first kappa shape index (κ1) is 13.5. The molecule has 0 spiro atoms. The summed E-state index contributed by atoms with van der Waals surface area (Å²) in [6.45, 7) is 2.33. The molecule has 6 heteroatoms. The molecule has 3 aromatic rings. The van der Waals surface area contributed by atoms with Gasteiger partial charge in [0, 0.05) is 12.6 Å². The molecule has 2 amide bonds. The summed E-state index contributed by atoms with van der Waals surface area (Å²) in [6, 6.07) is 11.6. The summed E-state index contributed by atoms with van der Waals surface area (Å²) in [5.74, 6) is -1.20. The standard InChI is InChI=1S/C17H12N2O4/c1-2-18-13-8-7-10(9-14(13)23-17(18)22)19-15(20)11-5-3-4-6-12(11)16(19)21/h3-9H,2H2,1H3. The van der Waals surface area contributed by atoms with Gasteiger partial charge in [-0.05, 0) is 31.2 Å². The number of fused-ring (bicyclic) bond motifs is 2. The van der Waals surface area contributed by atoms with Gasteiger partial charge in [-0.15, -0.1) is 0 Å². The van der Waals surface area contributed by atoms with Crippen LogP contribution in [-0.2, 0) is 6.54 Å². The summed E-state index contributed by atoms with van der Waals surface area (Å²) in [7, 11) is 0. The van der Waals surface area contributed by atoms with Crippen molar-refractivity contribution in [1.29, 1.82) is 0 Å². The van der Waals surface area contributed by atoms with E-state index in [0.717, 1.165) is 4.90 Å². The second kappa shape index (κ2) is 4.67. The van der Waals surface area contributed by atoms with Gasteiger partial charge in [-0.3, -0.25) is 14.2 Å². The normalized spacial score (nSPS) is 13.9. The maximum Gasteiger partial charge on any atom is 0.419 e. The average Bonchev–Trinajstić information content (AvgIpc) is 3.01. The van der Waals surface area contributed by atoms with Gasteiger partial charge in [0.1, 0.15) is 0 Å². The summed E-state index contributed by atoms with van der Waals surface area (Å²) in [6.07, 6.45) is 0. The summed E-state index contributed by atoms with van der Waals surface area (Å²) < 4.78 is 6.68. The predicted octanol–water partition coefficient (Wildman–Crippen LogP) is 2.42. The Bertz CT molecular complexity index is 993. The number of anilines is 1. The van der Waals surface area contributed by atoms with Crippen LogP contribution in [0.25, 0.3) is 11.1 Å². The van der Waals surface area contributed by atoms with Crippen molar-refractivity contribution in [3.05, 3.63) is 64.1 Å². The van der Waals surface area contributed by atoms with E-state index >= 15 is 0 Å². The SMILES string of the molecule is CCn1c(=O)oc2cc(N3C(=O)c4ccccc4C3=O)ccc21. The van der Waals surface area contributed by atoms with Crippen LogP contribution in [-0.4, -0.2) is 16.4 Å². The second-order valence-electron chi connectivity index (χ2n) is 5.26. The van der Waals surface area contributed by atoms with Crippen LogP contribution in [0.15, 0.2) is 51.7 Å². The van der Waals surface area contributed by atoms with Gasteiger partial charge in [0.25, 0.3) is 11.8 Å². The predicted molar refractivity (Wildman–Crippen MR) is 83.7 cm³/mol. The van der Waals surface area contributed by atoms with E-state index in [-0.39, 0.29) is 11.8 Å². The zero-order valence-electron chi connectivity index (χ0n) is 12.3. The molecule has 0 aliphatic carbocycles. The van der Waals surface area contributed by atoms with Gasteiger partial charge >= 0.3 is 5.76 Å². The molecule has 4 rings (SSSR count). The molecule has 0 N–H and O–H groups in total. The van der Waals surface area contributed by atoms with Crippen molar-refractivity contribution in [2.45, 2.75) is 13.5 Å². The fourth-order valence-electron chi connectivity index (χ4n) is 2.92. The molecule has 6 nitrogen and oxygen atoms in total. The Hall–Kier alpha value is -3.15. The van der Waals surface area contributed by atoms with Crippen LogP contribution >= 0.6 is 0 Å². The minimum Gasteiger partial charge on any atom is -0.408 e. The third-order valence-electron chi connectivity index (χ3n) is 4.02. The molecule has 2 heterocycles. The number of carbonyl (C=O) groups is 2. The monoisotopic (exact) mass is 308 g/mol. The molecule has 0 bridgehead atoms. The molecule has 1 aromatic heterocycles. The fraction of sp³-hybridized carbons (Fsp3) is 0.118. The average molecular weight is 308 g/mol. The van der Waals surface area contributed by atoms with Gasteiger partial charge in [0.2, 0.25) is 0 Å². The van der Waals surface area contributed by atoms with E-state index in [2.05, 4.69) is 0 Å². The minimum atomic E-state index is -0.456. The van der Waals surface area contributed by atoms with Gasteiger partial charge in [-0.2, -0.15) is 0 Å². The number of hydrogen-bond donors (Lipinski definition) is 0. The first-order chi connectivity index (χ1) is 11.1. The maximum atomic E-state index is 12.5. The van der Waals surface area contributed by atoms with Crippen molar-refractivity contribution in [3.63, 3.8) is 0 Å². The van der Waals surface area contributed by atoms with Gasteiger partial charge in [0.05, 0.1) is 22.3 Å². The first-order valence-electron chi connectivity index (χ1n) is 7.23. The van der Waals surface area contributed by atoms with Gasteiger partial charge in [-0.25, -0.2) is 9.69 Å². The topological polar surface area (TPSA) is 72.5 Å². The number of rotatable bonds is 2. The molecule has 0 radical (unpaired) electrons. The molecule has 2 aromatic carbocycles. The van der Waals surface area contributed by atoms with E-state index in [1.54, 1.807) is 42.5 Å².